The van der Waals surface area contributed by atoms with Crippen molar-refractivity contribution in [1.29, 1.82) is 0 Å². The molecule has 2 N–H and O–H groups in total. The highest BCUT2D eigenvalue weighted by Gasteiger charge is 2.17. The normalized spacial score (nSPS) is 12.8. The number of benzene rings is 1. The number of para-hydroxylation sites is 1. The lowest BCUT2D eigenvalue weighted by Crippen LogP contribution is -2.11. The zero-order valence-corrected chi connectivity index (χ0v) is 11.1. The van der Waals surface area contributed by atoms with Gasteiger partial charge in [-0.25, -0.2) is 23.7 Å². The SMILES string of the molecule is CC(Nc1nc(C(F)F)nc2ccccc12)c1ncn[nH]1. The first kappa shape index (κ1) is 13.3. The fourth-order valence-electron chi connectivity index (χ4n) is 2.00. The van der Waals surface area contributed by atoms with Gasteiger partial charge in [0.2, 0.25) is 0 Å². The molecule has 0 spiro atoms. The molecule has 2 aromatic heterocycles. The van der Waals surface area contributed by atoms with E-state index in [2.05, 4.69) is 30.5 Å². The molecule has 3 rings (SSSR count). The molecule has 0 aliphatic rings. The third kappa shape index (κ3) is 2.64. The summed E-state index contributed by atoms with van der Waals surface area (Å²) in [5.41, 5.74) is 0.468. The molecule has 0 radical (unpaired) electrons. The second-order valence-corrected chi connectivity index (χ2v) is 4.48. The smallest absolute Gasteiger partial charge is 0.297 e. The Hall–Kier alpha value is -2.64. The number of hydrogen-bond donors (Lipinski definition) is 2. The van der Waals surface area contributed by atoms with Crippen molar-refractivity contribution in [3.8, 4) is 0 Å². The first-order valence-corrected chi connectivity index (χ1v) is 6.32. The average molecular weight is 290 g/mol. The lowest BCUT2D eigenvalue weighted by atomic mass is 10.2. The molecular weight excluding hydrogens is 278 g/mol. The largest absolute Gasteiger partial charge is 0.360 e. The van der Waals surface area contributed by atoms with Crippen molar-refractivity contribution in [3.63, 3.8) is 0 Å². The van der Waals surface area contributed by atoms with Gasteiger partial charge in [0.15, 0.2) is 5.82 Å². The van der Waals surface area contributed by atoms with E-state index < -0.39 is 12.2 Å². The van der Waals surface area contributed by atoms with Crippen LogP contribution >= 0.6 is 0 Å². The summed E-state index contributed by atoms with van der Waals surface area (Å²) in [6.45, 7) is 1.83. The van der Waals surface area contributed by atoms with E-state index >= 15 is 0 Å². The van der Waals surface area contributed by atoms with Crippen LogP contribution in [0.5, 0.6) is 0 Å². The Kier molecular flexibility index (Phi) is 3.43. The maximum absolute atomic E-state index is 12.9. The Morgan fingerprint density at radius 1 is 1.19 bits per heavy atom. The van der Waals surface area contributed by atoms with Crippen molar-refractivity contribution in [2.75, 3.05) is 5.32 Å². The van der Waals surface area contributed by atoms with Crippen LogP contribution in [-0.4, -0.2) is 25.1 Å². The van der Waals surface area contributed by atoms with Gasteiger partial charge in [0.1, 0.15) is 18.0 Å². The lowest BCUT2D eigenvalue weighted by molar-refractivity contribution is 0.141. The highest BCUT2D eigenvalue weighted by Crippen LogP contribution is 2.26. The first-order valence-electron chi connectivity index (χ1n) is 6.32. The van der Waals surface area contributed by atoms with E-state index in [1.165, 1.54) is 6.33 Å². The molecule has 0 aliphatic heterocycles. The summed E-state index contributed by atoms with van der Waals surface area (Å²) in [6.07, 6.45) is -1.34. The maximum Gasteiger partial charge on any atom is 0.297 e. The van der Waals surface area contributed by atoms with Gasteiger partial charge in [-0.1, -0.05) is 12.1 Å². The summed E-state index contributed by atoms with van der Waals surface area (Å²) in [4.78, 5) is 11.8. The van der Waals surface area contributed by atoms with E-state index in [0.29, 0.717) is 22.5 Å². The summed E-state index contributed by atoms with van der Waals surface area (Å²) < 4.78 is 25.8. The Bertz CT molecular complexity index is 744. The third-order valence-electron chi connectivity index (χ3n) is 3.01. The van der Waals surface area contributed by atoms with Crippen LogP contribution in [0.25, 0.3) is 10.9 Å². The van der Waals surface area contributed by atoms with E-state index in [9.17, 15) is 8.78 Å². The number of aromatic amines is 1. The number of nitrogens with zero attached hydrogens (tertiary/aromatic N) is 4. The summed E-state index contributed by atoms with van der Waals surface area (Å²) in [6, 6.07) is 6.75. The molecule has 0 saturated heterocycles. The van der Waals surface area contributed by atoms with Gasteiger partial charge in [-0.3, -0.25) is 5.10 Å². The van der Waals surface area contributed by atoms with Crippen LogP contribution in [0.3, 0.4) is 0 Å². The zero-order chi connectivity index (χ0) is 14.8. The van der Waals surface area contributed by atoms with Gasteiger partial charge in [-0.15, -0.1) is 0 Å². The number of hydrogen-bond acceptors (Lipinski definition) is 5. The van der Waals surface area contributed by atoms with Crippen LogP contribution in [0.1, 0.15) is 31.0 Å². The average Bonchev–Trinajstić information content (AvgIpc) is 3.01. The predicted octanol–water partition coefficient (Wildman–Crippen LogP) is 2.86. The number of fused-ring (bicyclic) bond motifs is 1. The predicted molar refractivity (Wildman–Crippen MR) is 72.9 cm³/mol. The quantitative estimate of drug-likeness (QED) is 0.772. The molecule has 3 aromatic rings. The summed E-state index contributed by atoms with van der Waals surface area (Å²) >= 11 is 0. The minimum absolute atomic E-state index is 0.253. The molecule has 21 heavy (non-hydrogen) atoms. The van der Waals surface area contributed by atoms with Crippen molar-refractivity contribution in [2.24, 2.45) is 0 Å². The lowest BCUT2D eigenvalue weighted by Gasteiger charge is -2.14. The molecule has 0 bridgehead atoms. The second-order valence-electron chi connectivity index (χ2n) is 4.48. The van der Waals surface area contributed by atoms with Crippen molar-refractivity contribution >= 4 is 16.7 Å². The monoisotopic (exact) mass is 290 g/mol. The van der Waals surface area contributed by atoms with Gasteiger partial charge in [0.25, 0.3) is 6.43 Å². The Balaban J connectivity index is 2.03. The van der Waals surface area contributed by atoms with E-state index in [1.54, 1.807) is 24.3 Å². The standard InChI is InChI=1S/C13H12F2N6/c1-7(11-16-6-17-21-11)18-12-8-4-2-3-5-9(8)19-13(20-12)10(14)15/h2-7,10H,1H3,(H,16,17,21)(H,18,19,20). The van der Waals surface area contributed by atoms with Gasteiger partial charge in [0, 0.05) is 5.39 Å². The summed E-state index contributed by atoms with van der Waals surface area (Å²) in [7, 11) is 0. The van der Waals surface area contributed by atoms with Crippen LogP contribution in [0.4, 0.5) is 14.6 Å². The maximum atomic E-state index is 12.9. The molecule has 8 heteroatoms. The fraction of sp³-hybridized carbons (Fsp3) is 0.231. The van der Waals surface area contributed by atoms with Crippen LogP contribution in [0, 0.1) is 0 Å². The van der Waals surface area contributed by atoms with E-state index in [1.807, 2.05) is 6.92 Å². The molecule has 0 aliphatic carbocycles. The molecule has 2 heterocycles. The Morgan fingerprint density at radius 2 is 2.00 bits per heavy atom. The van der Waals surface area contributed by atoms with Crippen molar-refractivity contribution in [1.82, 2.24) is 25.1 Å². The van der Waals surface area contributed by atoms with Crippen molar-refractivity contribution < 1.29 is 8.78 Å². The molecule has 0 fully saturated rings. The number of aromatic nitrogens is 5. The first-order chi connectivity index (χ1) is 10.1. The molecular formula is C13H12F2N6. The molecule has 0 amide bonds. The number of halogens is 2. The van der Waals surface area contributed by atoms with Crippen molar-refractivity contribution in [3.05, 3.63) is 42.2 Å². The fourth-order valence-corrected chi connectivity index (χ4v) is 2.00. The molecule has 6 nitrogen and oxygen atoms in total. The molecule has 1 aromatic carbocycles. The number of nitrogens with one attached hydrogen (secondary N) is 2. The van der Waals surface area contributed by atoms with Crippen LogP contribution in [0.15, 0.2) is 30.6 Å². The highest BCUT2D eigenvalue weighted by atomic mass is 19.3. The van der Waals surface area contributed by atoms with Gasteiger partial charge >= 0.3 is 0 Å². The Morgan fingerprint density at radius 3 is 2.71 bits per heavy atom. The highest BCUT2D eigenvalue weighted by molar-refractivity contribution is 5.89. The topological polar surface area (TPSA) is 79.4 Å². The number of alkyl halides is 2. The second kappa shape index (κ2) is 5.39. The van der Waals surface area contributed by atoms with E-state index in [-0.39, 0.29) is 6.04 Å². The van der Waals surface area contributed by atoms with Gasteiger partial charge < -0.3 is 5.32 Å². The van der Waals surface area contributed by atoms with Gasteiger partial charge in [-0.2, -0.15) is 5.10 Å². The molecule has 1 unspecified atom stereocenters. The zero-order valence-electron chi connectivity index (χ0n) is 11.1. The number of rotatable bonds is 4. The summed E-state index contributed by atoms with van der Waals surface area (Å²) in [5, 5.41) is 10.2. The molecule has 108 valence electrons. The minimum atomic E-state index is -2.73. The molecule has 1 atom stereocenters. The minimum Gasteiger partial charge on any atom is -0.360 e. The van der Waals surface area contributed by atoms with E-state index in [4.69, 9.17) is 0 Å². The van der Waals surface area contributed by atoms with E-state index in [0.717, 1.165) is 0 Å². The van der Waals surface area contributed by atoms with Crippen LogP contribution in [-0.2, 0) is 0 Å². The Labute approximate surface area is 118 Å². The summed E-state index contributed by atoms with van der Waals surface area (Å²) in [5.74, 6) is 0.442. The number of H-pyrrole nitrogens is 1. The third-order valence-corrected chi connectivity index (χ3v) is 3.01. The molecule has 0 saturated carbocycles. The van der Waals surface area contributed by atoms with Crippen LogP contribution < -0.4 is 5.32 Å². The van der Waals surface area contributed by atoms with Crippen LogP contribution in [0.2, 0.25) is 0 Å². The van der Waals surface area contributed by atoms with Gasteiger partial charge in [0.05, 0.1) is 11.6 Å². The van der Waals surface area contributed by atoms with Crippen molar-refractivity contribution in [2.45, 2.75) is 19.4 Å². The number of anilines is 1. The van der Waals surface area contributed by atoms with Gasteiger partial charge in [-0.05, 0) is 19.1 Å².